The SMILES string of the molecule is NCc1cc2nccnc2[nH]1. The molecule has 0 aliphatic carbocycles. The molecule has 2 aromatic heterocycles. The van der Waals surface area contributed by atoms with Gasteiger partial charge in [0.25, 0.3) is 0 Å². The van der Waals surface area contributed by atoms with Gasteiger partial charge in [-0.15, -0.1) is 0 Å². The van der Waals surface area contributed by atoms with Gasteiger partial charge in [-0.1, -0.05) is 0 Å². The lowest BCUT2D eigenvalue weighted by Crippen LogP contribution is -1.95. The molecule has 11 heavy (non-hydrogen) atoms. The highest BCUT2D eigenvalue weighted by atomic mass is 14.9. The Morgan fingerprint density at radius 1 is 1.36 bits per heavy atom. The van der Waals surface area contributed by atoms with Crippen molar-refractivity contribution in [2.75, 3.05) is 0 Å². The molecule has 0 saturated heterocycles. The fourth-order valence-electron chi connectivity index (χ4n) is 1.01. The molecule has 0 aromatic carbocycles. The highest BCUT2D eigenvalue weighted by Gasteiger charge is 1.98. The lowest BCUT2D eigenvalue weighted by atomic mass is 10.4. The van der Waals surface area contributed by atoms with Crippen molar-refractivity contribution in [2.24, 2.45) is 5.73 Å². The van der Waals surface area contributed by atoms with Crippen molar-refractivity contribution >= 4 is 11.2 Å². The Morgan fingerprint density at radius 3 is 2.91 bits per heavy atom. The second kappa shape index (κ2) is 2.32. The molecule has 2 rings (SSSR count). The van der Waals surface area contributed by atoms with Crippen LogP contribution >= 0.6 is 0 Å². The normalized spacial score (nSPS) is 10.6. The Balaban J connectivity index is 2.69. The van der Waals surface area contributed by atoms with Crippen molar-refractivity contribution in [1.82, 2.24) is 15.0 Å². The summed E-state index contributed by atoms with van der Waals surface area (Å²) in [6.07, 6.45) is 3.32. The van der Waals surface area contributed by atoms with Gasteiger partial charge < -0.3 is 10.7 Å². The van der Waals surface area contributed by atoms with Gasteiger partial charge in [-0.3, -0.25) is 4.98 Å². The first kappa shape index (κ1) is 6.30. The minimum absolute atomic E-state index is 0.498. The fraction of sp³-hybridized carbons (Fsp3) is 0.143. The predicted molar refractivity (Wildman–Crippen MR) is 41.8 cm³/mol. The highest BCUT2D eigenvalue weighted by Crippen LogP contribution is 2.07. The van der Waals surface area contributed by atoms with Crippen LogP contribution in [0.2, 0.25) is 0 Å². The van der Waals surface area contributed by atoms with Gasteiger partial charge in [-0.05, 0) is 6.07 Å². The maximum Gasteiger partial charge on any atom is 0.156 e. The quantitative estimate of drug-likeness (QED) is 0.615. The van der Waals surface area contributed by atoms with Crippen LogP contribution in [0.5, 0.6) is 0 Å². The van der Waals surface area contributed by atoms with Crippen molar-refractivity contribution < 1.29 is 0 Å². The van der Waals surface area contributed by atoms with Crippen LogP contribution in [0.25, 0.3) is 11.2 Å². The number of aromatic nitrogens is 3. The molecule has 0 aliphatic rings. The average Bonchev–Trinajstić information content (AvgIpc) is 2.46. The molecule has 0 atom stereocenters. The Hall–Kier alpha value is -1.42. The monoisotopic (exact) mass is 148 g/mol. The third-order valence-corrected chi connectivity index (χ3v) is 1.54. The van der Waals surface area contributed by atoms with Gasteiger partial charge in [0.15, 0.2) is 5.65 Å². The molecular formula is C7H8N4. The van der Waals surface area contributed by atoms with E-state index < -0.39 is 0 Å². The van der Waals surface area contributed by atoms with Crippen molar-refractivity contribution in [1.29, 1.82) is 0 Å². The topological polar surface area (TPSA) is 67.6 Å². The summed E-state index contributed by atoms with van der Waals surface area (Å²) in [5, 5.41) is 0. The number of nitrogens with zero attached hydrogens (tertiary/aromatic N) is 2. The minimum atomic E-state index is 0.498. The first-order valence-corrected chi connectivity index (χ1v) is 3.39. The summed E-state index contributed by atoms with van der Waals surface area (Å²) in [6.45, 7) is 0.498. The largest absolute Gasteiger partial charge is 0.341 e. The van der Waals surface area contributed by atoms with Crippen LogP contribution in [-0.2, 0) is 6.54 Å². The summed E-state index contributed by atoms with van der Waals surface area (Å²) >= 11 is 0. The number of rotatable bonds is 1. The number of nitrogens with two attached hydrogens (primary N) is 1. The van der Waals surface area contributed by atoms with E-state index in [9.17, 15) is 0 Å². The van der Waals surface area contributed by atoms with Crippen LogP contribution in [0, 0.1) is 0 Å². The molecule has 3 N–H and O–H groups in total. The van der Waals surface area contributed by atoms with Gasteiger partial charge in [-0.2, -0.15) is 0 Å². The maximum atomic E-state index is 5.43. The smallest absolute Gasteiger partial charge is 0.156 e. The van der Waals surface area contributed by atoms with Crippen LogP contribution in [0.15, 0.2) is 18.5 Å². The minimum Gasteiger partial charge on any atom is -0.341 e. The van der Waals surface area contributed by atoms with Crippen LogP contribution < -0.4 is 5.73 Å². The van der Waals surface area contributed by atoms with Crippen LogP contribution in [0.4, 0.5) is 0 Å². The van der Waals surface area contributed by atoms with E-state index in [0.717, 1.165) is 16.9 Å². The van der Waals surface area contributed by atoms with E-state index in [0.29, 0.717) is 6.54 Å². The maximum absolute atomic E-state index is 5.43. The standard InChI is InChI=1S/C7H8N4/c8-4-5-3-6-7(11-5)10-2-1-9-6/h1-3H,4,8H2,(H,10,11). The number of nitrogens with one attached hydrogen (secondary N) is 1. The van der Waals surface area contributed by atoms with E-state index in [4.69, 9.17) is 5.73 Å². The molecular weight excluding hydrogens is 140 g/mol. The van der Waals surface area contributed by atoms with E-state index in [1.165, 1.54) is 0 Å². The molecule has 0 unspecified atom stereocenters. The van der Waals surface area contributed by atoms with Crippen molar-refractivity contribution in [3.8, 4) is 0 Å². The van der Waals surface area contributed by atoms with Crippen LogP contribution in [0.1, 0.15) is 5.69 Å². The molecule has 0 bridgehead atoms. The van der Waals surface area contributed by atoms with Crippen molar-refractivity contribution in [3.63, 3.8) is 0 Å². The Labute approximate surface area is 63.5 Å². The zero-order valence-corrected chi connectivity index (χ0v) is 5.91. The predicted octanol–water partition coefficient (Wildman–Crippen LogP) is 0.417. The molecule has 0 aliphatic heterocycles. The molecule has 4 heteroatoms. The average molecular weight is 148 g/mol. The summed E-state index contributed by atoms with van der Waals surface area (Å²) in [7, 11) is 0. The number of hydrogen-bond acceptors (Lipinski definition) is 3. The summed E-state index contributed by atoms with van der Waals surface area (Å²) in [5.41, 5.74) is 8.06. The second-order valence-electron chi connectivity index (χ2n) is 2.29. The molecule has 0 spiro atoms. The molecule has 56 valence electrons. The molecule has 4 nitrogen and oxygen atoms in total. The molecule has 0 amide bonds. The van der Waals surface area contributed by atoms with Crippen LogP contribution in [0.3, 0.4) is 0 Å². The molecule has 0 radical (unpaired) electrons. The van der Waals surface area contributed by atoms with Gasteiger partial charge in [0.2, 0.25) is 0 Å². The molecule has 0 fully saturated rings. The molecule has 2 heterocycles. The number of fused-ring (bicyclic) bond motifs is 1. The fourth-order valence-corrected chi connectivity index (χ4v) is 1.01. The van der Waals surface area contributed by atoms with Gasteiger partial charge in [0, 0.05) is 24.6 Å². The van der Waals surface area contributed by atoms with Crippen LogP contribution in [-0.4, -0.2) is 15.0 Å². The first-order valence-electron chi connectivity index (χ1n) is 3.39. The molecule has 0 saturated carbocycles. The zero-order valence-electron chi connectivity index (χ0n) is 5.91. The summed E-state index contributed by atoms with van der Waals surface area (Å²) in [4.78, 5) is 11.2. The van der Waals surface area contributed by atoms with Gasteiger partial charge in [0.05, 0.1) is 0 Å². The van der Waals surface area contributed by atoms with Gasteiger partial charge in [0.1, 0.15) is 5.52 Å². The van der Waals surface area contributed by atoms with Crippen molar-refractivity contribution in [2.45, 2.75) is 6.54 Å². The van der Waals surface area contributed by atoms with E-state index in [2.05, 4.69) is 15.0 Å². The van der Waals surface area contributed by atoms with Crippen molar-refractivity contribution in [3.05, 3.63) is 24.2 Å². The Kier molecular flexibility index (Phi) is 1.33. The number of H-pyrrole nitrogens is 1. The summed E-state index contributed by atoms with van der Waals surface area (Å²) < 4.78 is 0. The highest BCUT2D eigenvalue weighted by molar-refractivity contribution is 5.70. The second-order valence-corrected chi connectivity index (χ2v) is 2.29. The summed E-state index contributed by atoms with van der Waals surface area (Å²) in [5.74, 6) is 0. The number of aromatic amines is 1. The van der Waals surface area contributed by atoms with Gasteiger partial charge >= 0.3 is 0 Å². The number of hydrogen-bond donors (Lipinski definition) is 2. The first-order chi connectivity index (χ1) is 5.40. The Bertz CT molecular complexity index is 332. The van der Waals surface area contributed by atoms with Gasteiger partial charge in [-0.25, -0.2) is 4.98 Å². The Morgan fingerprint density at radius 2 is 2.18 bits per heavy atom. The summed E-state index contributed by atoms with van der Waals surface area (Å²) in [6, 6.07) is 1.91. The van der Waals surface area contributed by atoms with E-state index in [1.807, 2.05) is 6.07 Å². The third-order valence-electron chi connectivity index (χ3n) is 1.54. The van der Waals surface area contributed by atoms with E-state index >= 15 is 0 Å². The zero-order chi connectivity index (χ0) is 7.68. The van der Waals surface area contributed by atoms with E-state index in [-0.39, 0.29) is 0 Å². The van der Waals surface area contributed by atoms with E-state index in [1.54, 1.807) is 12.4 Å². The lowest BCUT2D eigenvalue weighted by Gasteiger charge is -1.84. The molecule has 2 aromatic rings. The third kappa shape index (κ3) is 0.969. The lowest BCUT2D eigenvalue weighted by molar-refractivity contribution is 1.02.